The minimum absolute atomic E-state index is 0.0407. The van der Waals surface area contributed by atoms with Crippen LogP contribution >= 0.6 is 0 Å². The standard InChI is InChI=1S/C28H36N6O/c1-3-4-7-22-18-34(28-13-12-21(28)14-19(2)15-28)27(35)33(22)17-20-10-11-25(31-16-20)23-8-5-6-9-24(23)26(29)32-30/h5-6,8-11,16,18-19,21H,3-4,7,12-15,17,30H2,1-2H3,(H2,29,32). The molecule has 2 aliphatic carbocycles. The zero-order valence-corrected chi connectivity index (χ0v) is 20.8. The van der Waals surface area contributed by atoms with Crippen LogP contribution in [0.2, 0.25) is 0 Å². The van der Waals surface area contributed by atoms with E-state index in [1.807, 2.05) is 47.2 Å². The molecule has 7 heteroatoms. The second kappa shape index (κ2) is 9.36. The summed E-state index contributed by atoms with van der Waals surface area (Å²) in [7, 11) is 0. The first-order valence-electron chi connectivity index (χ1n) is 12.9. The molecule has 0 aliphatic heterocycles. The van der Waals surface area contributed by atoms with E-state index >= 15 is 0 Å². The van der Waals surface area contributed by atoms with Crippen molar-refractivity contribution in [2.45, 2.75) is 70.9 Å². The van der Waals surface area contributed by atoms with E-state index in [2.05, 4.69) is 29.7 Å². The van der Waals surface area contributed by atoms with Gasteiger partial charge in [0.2, 0.25) is 0 Å². The van der Waals surface area contributed by atoms with Gasteiger partial charge in [0.25, 0.3) is 0 Å². The predicted octanol–water partition coefficient (Wildman–Crippen LogP) is 4.22. The van der Waals surface area contributed by atoms with Crippen molar-refractivity contribution in [2.75, 3.05) is 0 Å². The van der Waals surface area contributed by atoms with E-state index in [1.165, 1.54) is 12.8 Å². The molecule has 2 aliphatic rings. The molecule has 2 aromatic heterocycles. The minimum Gasteiger partial charge on any atom is -0.382 e. The van der Waals surface area contributed by atoms with E-state index in [0.717, 1.165) is 60.2 Å². The summed E-state index contributed by atoms with van der Waals surface area (Å²) in [6, 6.07) is 11.7. The average molecular weight is 473 g/mol. The molecule has 5 rings (SSSR count). The van der Waals surface area contributed by atoms with Crippen LogP contribution in [-0.2, 0) is 18.5 Å². The summed E-state index contributed by atoms with van der Waals surface area (Å²) >= 11 is 0. The molecule has 3 atom stereocenters. The van der Waals surface area contributed by atoms with Crippen LogP contribution in [0.4, 0.5) is 0 Å². The number of benzene rings is 1. The fourth-order valence-electron chi connectivity index (χ4n) is 6.31. The van der Waals surface area contributed by atoms with Crippen molar-refractivity contribution < 1.29 is 0 Å². The Morgan fingerprint density at radius 3 is 2.74 bits per heavy atom. The van der Waals surface area contributed by atoms with Gasteiger partial charge in [-0.3, -0.25) is 14.1 Å². The van der Waals surface area contributed by atoms with Crippen molar-refractivity contribution in [3.05, 3.63) is 76.1 Å². The second-order valence-electron chi connectivity index (χ2n) is 10.5. The zero-order valence-electron chi connectivity index (χ0n) is 20.8. The third kappa shape index (κ3) is 4.07. The van der Waals surface area contributed by atoms with Crippen LogP contribution in [-0.4, -0.2) is 20.0 Å². The smallest absolute Gasteiger partial charge is 0.329 e. The van der Waals surface area contributed by atoms with Gasteiger partial charge < -0.3 is 11.6 Å². The van der Waals surface area contributed by atoms with Crippen LogP contribution in [0.15, 0.2) is 58.7 Å². The maximum absolute atomic E-state index is 13.7. The van der Waals surface area contributed by atoms with Gasteiger partial charge in [-0.15, -0.1) is 0 Å². The van der Waals surface area contributed by atoms with Gasteiger partial charge in [0.15, 0.2) is 5.84 Å². The van der Waals surface area contributed by atoms with E-state index < -0.39 is 0 Å². The van der Waals surface area contributed by atoms with Crippen molar-refractivity contribution >= 4 is 5.84 Å². The Morgan fingerprint density at radius 2 is 2.09 bits per heavy atom. The van der Waals surface area contributed by atoms with Crippen LogP contribution in [0.5, 0.6) is 0 Å². The first-order chi connectivity index (χ1) is 17.0. The zero-order chi connectivity index (χ0) is 24.6. The van der Waals surface area contributed by atoms with Crippen molar-refractivity contribution in [2.24, 2.45) is 28.5 Å². The molecular formula is C28H36N6O. The lowest BCUT2D eigenvalue weighted by molar-refractivity contribution is 0.0713. The van der Waals surface area contributed by atoms with E-state index in [-0.39, 0.29) is 17.1 Å². The highest BCUT2D eigenvalue weighted by molar-refractivity contribution is 6.02. The van der Waals surface area contributed by atoms with E-state index in [1.54, 1.807) is 0 Å². The van der Waals surface area contributed by atoms with Gasteiger partial charge in [-0.1, -0.05) is 50.6 Å². The molecule has 184 valence electrons. The number of hydrogen-bond acceptors (Lipinski definition) is 4. The van der Waals surface area contributed by atoms with E-state index in [4.69, 9.17) is 16.6 Å². The fraction of sp³-hybridized carbons (Fsp3) is 0.464. The Bertz CT molecular complexity index is 1290. The normalized spacial score (nSPS) is 23.8. The SMILES string of the molecule is CCCCc1cn(C23CCC2CC(C)C3)c(=O)n1Cc1ccc(-c2ccccc2/C(N)=N/N)nc1. The summed E-state index contributed by atoms with van der Waals surface area (Å²) in [5.41, 5.74) is 10.7. The van der Waals surface area contributed by atoms with Crippen LogP contribution in [0.1, 0.15) is 69.2 Å². The quantitative estimate of drug-likeness (QED) is 0.222. The topological polar surface area (TPSA) is 104 Å². The number of aromatic nitrogens is 3. The number of nitrogens with two attached hydrogens (primary N) is 2. The maximum atomic E-state index is 13.7. The number of amidine groups is 1. The number of fused-ring (bicyclic) bond motifs is 1. The van der Waals surface area contributed by atoms with Crippen molar-refractivity contribution in [1.82, 2.24) is 14.1 Å². The lowest BCUT2D eigenvalue weighted by Gasteiger charge is -2.45. The molecule has 2 saturated carbocycles. The first-order valence-corrected chi connectivity index (χ1v) is 12.9. The third-order valence-electron chi connectivity index (χ3n) is 8.19. The number of aryl methyl sites for hydroxylation is 1. The second-order valence-corrected chi connectivity index (χ2v) is 10.5. The molecule has 1 aromatic carbocycles. The Morgan fingerprint density at radius 1 is 1.26 bits per heavy atom. The molecule has 35 heavy (non-hydrogen) atoms. The highest BCUT2D eigenvalue weighted by Gasteiger charge is 2.54. The Balaban J connectivity index is 1.46. The van der Waals surface area contributed by atoms with Gasteiger partial charge >= 0.3 is 5.69 Å². The average Bonchev–Trinajstić information content (AvgIpc) is 3.30. The molecule has 0 amide bonds. The summed E-state index contributed by atoms with van der Waals surface area (Å²) in [6.45, 7) is 5.06. The van der Waals surface area contributed by atoms with Gasteiger partial charge in [0, 0.05) is 29.2 Å². The molecule has 7 nitrogen and oxygen atoms in total. The minimum atomic E-state index is 0.0407. The molecular weight excluding hydrogens is 436 g/mol. The van der Waals surface area contributed by atoms with Crippen LogP contribution in [0.25, 0.3) is 11.3 Å². The Hall–Kier alpha value is -3.35. The third-order valence-corrected chi connectivity index (χ3v) is 8.19. The molecule has 3 unspecified atom stereocenters. The summed E-state index contributed by atoms with van der Waals surface area (Å²) < 4.78 is 4.09. The summed E-state index contributed by atoms with van der Waals surface area (Å²) in [5, 5.41) is 3.64. The lowest BCUT2D eigenvalue weighted by atomic mass is 9.68. The van der Waals surface area contributed by atoms with Crippen LogP contribution in [0, 0.1) is 11.8 Å². The molecule has 0 bridgehead atoms. The summed E-state index contributed by atoms with van der Waals surface area (Å²) in [6.07, 6.45) is 11.9. The molecule has 0 radical (unpaired) electrons. The maximum Gasteiger partial charge on any atom is 0.329 e. The monoisotopic (exact) mass is 472 g/mol. The molecule has 2 heterocycles. The highest BCUT2D eigenvalue weighted by atomic mass is 16.2. The Labute approximate surface area is 206 Å². The van der Waals surface area contributed by atoms with Crippen molar-refractivity contribution in [3.8, 4) is 11.3 Å². The number of rotatable bonds is 8. The van der Waals surface area contributed by atoms with Gasteiger partial charge in [-0.25, -0.2) is 4.79 Å². The number of imidazole rings is 1. The predicted molar refractivity (Wildman–Crippen MR) is 140 cm³/mol. The number of nitrogens with zero attached hydrogens (tertiary/aromatic N) is 4. The van der Waals surface area contributed by atoms with Gasteiger partial charge in [0.1, 0.15) is 0 Å². The molecule has 0 saturated heterocycles. The first kappa shape index (κ1) is 23.4. The van der Waals surface area contributed by atoms with E-state index in [0.29, 0.717) is 18.4 Å². The van der Waals surface area contributed by atoms with E-state index in [9.17, 15) is 4.79 Å². The molecule has 3 aromatic rings. The largest absolute Gasteiger partial charge is 0.382 e. The number of hydrazone groups is 1. The Kier molecular flexibility index (Phi) is 6.26. The van der Waals surface area contributed by atoms with Gasteiger partial charge in [-0.05, 0) is 62.0 Å². The summed E-state index contributed by atoms with van der Waals surface area (Å²) in [4.78, 5) is 18.4. The van der Waals surface area contributed by atoms with Crippen molar-refractivity contribution in [3.63, 3.8) is 0 Å². The van der Waals surface area contributed by atoms with Crippen molar-refractivity contribution in [1.29, 1.82) is 0 Å². The molecule has 4 N–H and O–H groups in total. The number of unbranched alkanes of at least 4 members (excludes halogenated alkanes) is 1. The van der Waals surface area contributed by atoms with Gasteiger partial charge in [0.05, 0.1) is 17.8 Å². The van der Waals surface area contributed by atoms with Crippen LogP contribution < -0.4 is 17.3 Å². The summed E-state index contributed by atoms with van der Waals surface area (Å²) in [5.74, 6) is 7.02. The van der Waals surface area contributed by atoms with Crippen LogP contribution in [0.3, 0.4) is 0 Å². The molecule has 0 spiro atoms. The molecule has 2 fully saturated rings. The fourth-order valence-corrected chi connectivity index (χ4v) is 6.31. The highest BCUT2D eigenvalue weighted by Crippen LogP contribution is 2.57. The lowest BCUT2D eigenvalue weighted by Crippen LogP contribution is -2.50. The number of hydrogen-bond donors (Lipinski definition) is 2. The van der Waals surface area contributed by atoms with Gasteiger partial charge in [-0.2, -0.15) is 5.10 Å². The number of pyridine rings is 1.